The van der Waals surface area contributed by atoms with E-state index in [4.69, 9.17) is 9.72 Å². The number of aryl methyl sites for hydroxylation is 2. The van der Waals surface area contributed by atoms with Crippen molar-refractivity contribution in [2.45, 2.75) is 38.1 Å². The molecule has 0 radical (unpaired) electrons. The summed E-state index contributed by atoms with van der Waals surface area (Å²) in [7, 11) is 1.96. The average Bonchev–Trinajstić information content (AvgIpc) is 3.26. The van der Waals surface area contributed by atoms with Crippen LogP contribution in [-0.2, 0) is 11.8 Å². The van der Waals surface area contributed by atoms with Gasteiger partial charge in [-0.15, -0.1) is 0 Å². The molecule has 7 heteroatoms. The highest BCUT2D eigenvalue weighted by Crippen LogP contribution is 2.37. The normalized spacial score (nSPS) is 22.0. The number of fused-ring (bicyclic) bond motifs is 1. The number of thiazole rings is 1. The third-order valence-corrected chi connectivity index (χ3v) is 6.44. The molecule has 2 aromatic rings. The second-order valence-electron chi connectivity index (χ2n) is 6.77. The summed E-state index contributed by atoms with van der Waals surface area (Å²) < 4.78 is 8.61. The summed E-state index contributed by atoms with van der Waals surface area (Å²) in [6, 6.07) is 0. The van der Waals surface area contributed by atoms with Gasteiger partial charge in [-0.1, -0.05) is 24.2 Å². The van der Waals surface area contributed by atoms with E-state index in [1.807, 2.05) is 11.7 Å². The Morgan fingerprint density at radius 2 is 2.00 bits per heavy atom. The van der Waals surface area contributed by atoms with Crippen LogP contribution in [0.1, 0.15) is 31.4 Å². The smallest absolute Gasteiger partial charge is 0.185 e. The lowest BCUT2D eigenvalue weighted by atomic mass is 9.94. The van der Waals surface area contributed by atoms with E-state index in [1.165, 1.54) is 30.4 Å². The molecule has 0 aromatic carbocycles. The zero-order valence-corrected chi connectivity index (χ0v) is 14.8. The molecule has 2 aliphatic rings. The monoisotopic (exact) mass is 335 g/mol. The minimum absolute atomic E-state index is 0.287. The lowest BCUT2D eigenvalue weighted by Gasteiger charge is -2.43. The Bertz CT molecular complexity index is 648. The molecular weight excluding hydrogens is 310 g/mol. The average molecular weight is 335 g/mol. The Hall–Kier alpha value is -1.18. The quantitative estimate of drug-likeness (QED) is 0.930. The van der Waals surface area contributed by atoms with Crippen molar-refractivity contribution in [3.8, 4) is 0 Å². The molecule has 126 valence electrons. The molecule has 6 nitrogen and oxygen atoms in total. The van der Waals surface area contributed by atoms with Crippen molar-refractivity contribution in [3.05, 3.63) is 5.69 Å². The van der Waals surface area contributed by atoms with E-state index in [0.717, 1.165) is 49.3 Å². The largest absolute Gasteiger partial charge is 0.379 e. The molecule has 1 saturated heterocycles. The van der Waals surface area contributed by atoms with Crippen LogP contribution >= 0.6 is 11.3 Å². The Morgan fingerprint density at radius 3 is 2.70 bits per heavy atom. The fraction of sp³-hybridized carbons (Fsp3) is 0.750. The maximum absolute atomic E-state index is 5.54. The Morgan fingerprint density at radius 1 is 1.26 bits per heavy atom. The number of rotatable bonds is 4. The summed E-state index contributed by atoms with van der Waals surface area (Å²) in [6.07, 6.45) is 5.24. The minimum atomic E-state index is 0.287. The van der Waals surface area contributed by atoms with Gasteiger partial charge in [0, 0.05) is 32.2 Å². The molecule has 0 amide bonds. The number of nitrogens with zero attached hydrogens (tertiary/aromatic N) is 4. The van der Waals surface area contributed by atoms with Crippen molar-refractivity contribution in [2.24, 2.45) is 7.05 Å². The molecule has 1 saturated carbocycles. The highest BCUT2D eigenvalue weighted by atomic mass is 32.1. The van der Waals surface area contributed by atoms with Gasteiger partial charge < -0.3 is 10.1 Å². The van der Waals surface area contributed by atoms with Gasteiger partial charge in [-0.3, -0.25) is 4.90 Å². The van der Waals surface area contributed by atoms with E-state index >= 15 is 0 Å². The predicted molar refractivity (Wildman–Crippen MR) is 93.2 cm³/mol. The standard InChI is InChI=1S/C16H25N5OS/c1-12-13-14(20(2)19-12)18-15(23-13)17-11-16(5-3-4-6-16)21-7-9-22-10-8-21/h3-11H2,1-2H3,(H,17,18). The van der Waals surface area contributed by atoms with Gasteiger partial charge >= 0.3 is 0 Å². The van der Waals surface area contributed by atoms with Crippen LogP contribution in [-0.4, -0.2) is 58.1 Å². The maximum Gasteiger partial charge on any atom is 0.185 e. The molecule has 2 fully saturated rings. The molecule has 0 unspecified atom stereocenters. The van der Waals surface area contributed by atoms with Crippen LogP contribution in [0.15, 0.2) is 0 Å². The third kappa shape index (κ3) is 2.75. The van der Waals surface area contributed by atoms with Gasteiger partial charge in [-0.05, 0) is 19.8 Å². The molecule has 1 aliphatic heterocycles. The first-order valence-corrected chi connectivity index (χ1v) is 9.36. The molecular formula is C16H25N5OS. The first kappa shape index (κ1) is 15.4. The first-order chi connectivity index (χ1) is 11.2. The third-order valence-electron chi connectivity index (χ3n) is 5.33. The molecule has 2 aromatic heterocycles. The van der Waals surface area contributed by atoms with Gasteiger partial charge in [-0.2, -0.15) is 5.10 Å². The topological polar surface area (TPSA) is 55.2 Å². The van der Waals surface area contributed by atoms with Gasteiger partial charge in [0.25, 0.3) is 0 Å². The summed E-state index contributed by atoms with van der Waals surface area (Å²) in [5.74, 6) is 0. The van der Waals surface area contributed by atoms with E-state index in [2.05, 4.69) is 22.2 Å². The zero-order valence-electron chi connectivity index (χ0n) is 14.0. The van der Waals surface area contributed by atoms with Crippen LogP contribution in [0, 0.1) is 6.92 Å². The lowest BCUT2D eigenvalue weighted by molar-refractivity contribution is -0.0160. The first-order valence-electron chi connectivity index (χ1n) is 8.55. The van der Waals surface area contributed by atoms with Crippen LogP contribution in [0.2, 0.25) is 0 Å². The Labute approximate surface area is 140 Å². The summed E-state index contributed by atoms with van der Waals surface area (Å²) in [6.45, 7) is 6.90. The second kappa shape index (κ2) is 6.03. The summed E-state index contributed by atoms with van der Waals surface area (Å²) in [5.41, 5.74) is 2.34. The number of ether oxygens (including phenoxy) is 1. The van der Waals surface area contributed by atoms with Crippen molar-refractivity contribution in [1.29, 1.82) is 0 Å². The molecule has 1 N–H and O–H groups in total. The number of morpholine rings is 1. The van der Waals surface area contributed by atoms with Crippen LogP contribution in [0.4, 0.5) is 5.13 Å². The van der Waals surface area contributed by atoms with E-state index in [1.54, 1.807) is 11.3 Å². The molecule has 0 atom stereocenters. The number of anilines is 1. The van der Waals surface area contributed by atoms with Crippen molar-refractivity contribution >= 4 is 26.8 Å². The van der Waals surface area contributed by atoms with Crippen LogP contribution in [0.5, 0.6) is 0 Å². The molecule has 23 heavy (non-hydrogen) atoms. The molecule has 0 spiro atoms. The van der Waals surface area contributed by atoms with E-state index in [0.29, 0.717) is 0 Å². The molecule has 1 aliphatic carbocycles. The van der Waals surface area contributed by atoms with Crippen molar-refractivity contribution < 1.29 is 4.74 Å². The summed E-state index contributed by atoms with van der Waals surface area (Å²) in [4.78, 5) is 7.38. The predicted octanol–water partition coefficient (Wildman–Crippen LogP) is 2.40. The van der Waals surface area contributed by atoms with Gasteiger partial charge in [0.2, 0.25) is 0 Å². The van der Waals surface area contributed by atoms with Crippen molar-refractivity contribution in [3.63, 3.8) is 0 Å². The highest BCUT2D eigenvalue weighted by molar-refractivity contribution is 7.22. The zero-order chi connectivity index (χ0) is 15.9. The number of hydrogen-bond acceptors (Lipinski definition) is 6. The summed E-state index contributed by atoms with van der Waals surface area (Å²) in [5, 5.41) is 9.09. The lowest BCUT2D eigenvalue weighted by Crippen LogP contribution is -2.55. The maximum atomic E-state index is 5.54. The van der Waals surface area contributed by atoms with Gasteiger partial charge in [-0.25, -0.2) is 9.67 Å². The van der Waals surface area contributed by atoms with Crippen LogP contribution in [0.3, 0.4) is 0 Å². The minimum Gasteiger partial charge on any atom is -0.379 e. The van der Waals surface area contributed by atoms with E-state index in [-0.39, 0.29) is 5.54 Å². The number of aromatic nitrogens is 3. The molecule has 3 heterocycles. The number of hydrogen-bond donors (Lipinski definition) is 1. The fourth-order valence-corrected chi connectivity index (χ4v) is 5.00. The van der Waals surface area contributed by atoms with E-state index in [9.17, 15) is 0 Å². The van der Waals surface area contributed by atoms with Crippen LogP contribution < -0.4 is 5.32 Å². The Balaban J connectivity index is 1.51. The molecule has 0 bridgehead atoms. The Kier molecular flexibility index (Phi) is 4.03. The highest BCUT2D eigenvalue weighted by Gasteiger charge is 2.40. The van der Waals surface area contributed by atoms with E-state index < -0.39 is 0 Å². The number of nitrogens with one attached hydrogen (secondary N) is 1. The van der Waals surface area contributed by atoms with Gasteiger partial charge in [0.15, 0.2) is 10.8 Å². The second-order valence-corrected chi connectivity index (χ2v) is 7.76. The van der Waals surface area contributed by atoms with Crippen LogP contribution in [0.25, 0.3) is 10.3 Å². The molecule has 4 rings (SSSR count). The summed E-state index contributed by atoms with van der Waals surface area (Å²) >= 11 is 1.72. The fourth-order valence-electron chi connectivity index (χ4n) is 4.08. The van der Waals surface area contributed by atoms with Gasteiger partial charge in [0.05, 0.1) is 23.6 Å². The van der Waals surface area contributed by atoms with Gasteiger partial charge in [0.1, 0.15) is 0 Å². The van der Waals surface area contributed by atoms with Crippen molar-refractivity contribution in [2.75, 3.05) is 38.2 Å². The SMILES string of the molecule is Cc1nn(C)c2nc(NCC3(N4CCOCC4)CCCC3)sc12. The van der Waals surface area contributed by atoms with Crippen molar-refractivity contribution in [1.82, 2.24) is 19.7 Å².